The molecule has 1 aliphatic rings. The molecule has 1 amide bonds. The zero-order valence-electron chi connectivity index (χ0n) is 10.4. The Labute approximate surface area is 112 Å². The molecular formula is C13H18ClN3O. The van der Waals surface area contributed by atoms with Gasteiger partial charge in [-0.05, 0) is 18.6 Å². The number of nitrogens with two attached hydrogens (primary N) is 1. The van der Waals surface area contributed by atoms with Crippen molar-refractivity contribution in [1.29, 1.82) is 0 Å². The number of amides is 1. The second kappa shape index (κ2) is 5.59. The number of carbonyl (C=O) groups is 1. The predicted octanol–water partition coefficient (Wildman–Crippen LogP) is 1.63. The van der Waals surface area contributed by atoms with E-state index in [0.29, 0.717) is 16.6 Å². The van der Waals surface area contributed by atoms with Crippen LogP contribution >= 0.6 is 11.6 Å². The summed E-state index contributed by atoms with van der Waals surface area (Å²) in [6, 6.07) is 5.90. The van der Waals surface area contributed by atoms with Crippen LogP contribution < -0.4 is 16.0 Å². The number of nitrogens with one attached hydrogen (secondary N) is 1. The number of hydrogen-bond donors (Lipinski definition) is 2. The van der Waals surface area contributed by atoms with E-state index in [0.717, 1.165) is 31.7 Å². The van der Waals surface area contributed by atoms with E-state index in [2.05, 4.69) is 17.1 Å². The Balaban J connectivity index is 2.39. The minimum absolute atomic E-state index is 0.418. The maximum Gasteiger partial charge on any atom is 0.252 e. The SMILES string of the molecule is CCCN(c1cccc(Cl)c1C(N)=O)C1CNC1. The topological polar surface area (TPSA) is 58.4 Å². The fraction of sp³-hybridized carbons (Fsp3) is 0.462. The van der Waals surface area contributed by atoms with Gasteiger partial charge in [0.25, 0.3) is 5.91 Å². The van der Waals surface area contributed by atoms with Crippen molar-refractivity contribution < 1.29 is 4.79 Å². The summed E-state index contributed by atoms with van der Waals surface area (Å²) < 4.78 is 0. The average Bonchev–Trinajstić information content (AvgIpc) is 2.25. The van der Waals surface area contributed by atoms with Crippen LogP contribution in [0.1, 0.15) is 23.7 Å². The van der Waals surface area contributed by atoms with Gasteiger partial charge in [0.2, 0.25) is 0 Å². The molecule has 0 atom stereocenters. The summed E-state index contributed by atoms with van der Waals surface area (Å²) in [5.41, 5.74) is 6.72. The van der Waals surface area contributed by atoms with Crippen LogP contribution in [-0.4, -0.2) is 31.6 Å². The third-order valence-electron chi connectivity index (χ3n) is 3.21. The van der Waals surface area contributed by atoms with Gasteiger partial charge >= 0.3 is 0 Å². The van der Waals surface area contributed by atoms with Crippen molar-refractivity contribution in [2.45, 2.75) is 19.4 Å². The van der Waals surface area contributed by atoms with Crippen LogP contribution in [0.15, 0.2) is 18.2 Å². The molecule has 0 unspecified atom stereocenters. The second-order valence-corrected chi connectivity index (χ2v) is 4.91. The van der Waals surface area contributed by atoms with Gasteiger partial charge in [-0.25, -0.2) is 0 Å². The van der Waals surface area contributed by atoms with Crippen molar-refractivity contribution in [3.63, 3.8) is 0 Å². The highest BCUT2D eigenvalue weighted by Crippen LogP contribution is 2.29. The molecule has 1 fully saturated rings. The standard InChI is InChI=1S/C13H18ClN3O/c1-2-6-17(9-7-16-8-9)11-5-3-4-10(14)12(11)13(15)18/h3-5,9,16H,2,6-8H2,1H3,(H2,15,18). The molecule has 2 rings (SSSR count). The Hall–Kier alpha value is -1.26. The van der Waals surface area contributed by atoms with Crippen molar-refractivity contribution in [1.82, 2.24) is 5.32 Å². The highest BCUT2D eigenvalue weighted by molar-refractivity contribution is 6.34. The van der Waals surface area contributed by atoms with Gasteiger partial charge in [-0.3, -0.25) is 4.79 Å². The molecule has 0 aromatic heterocycles. The first-order chi connectivity index (χ1) is 8.65. The maximum absolute atomic E-state index is 11.6. The third-order valence-corrected chi connectivity index (χ3v) is 3.53. The molecule has 4 nitrogen and oxygen atoms in total. The normalized spacial score (nSPS) is 15.2. The molecule has 1 aliphatic heterocycles. The van der Waals surface area contributed by atoms with Crippen LogP contribution in [0.25, 0.3) is 0 Å². The predicted molar refractivity (Wildman–Crippen MR) is 74.3 cm³/mol. The maximum atomic E-state index is 11.6. The summed E-state index contributed by atoms with van der Waals surface area (Å²) in [6.45, 7) is 4.88. The van der Waals surface area contributed by atoms with Gasteiger partial charge in [0.05, 0.1) is 22.3 Å². The highest BCUT2D eigenvalue weighted by atomic mass is 35.5. The van der Waals surface area contributed by atoms with E-state index in [1.54, 1.807) is 6.07 Å². The molecule has 98 valence electrons. The molecule has 1 aromatic rings. The number of nitrogens with zero attached hydrogens (tertiary/aromatic N) is 1. The van der Waals surface area contributed by atoms with Gasteiger partial charge in [-0.15, -0.1) is 0 Å². The quantitative estimate of drug-likeness (QED) is 0.853. The first kappa shape index (κ1) is 13.2. The summed E-state index contributed by atoms with van der Waals surface area (Å²) in [6.07, 6.45) is 1.02. The lowest BCUT2D eigenvalue weighted by molar-refractivity contribution is 0.100. The molecule has 1 heterocycles. The molecular weight excluding hydrogens is 250 g/mol. The van der Waals surface area contributed by atoms with Crippen molar-refractivity contribution in [2.24, 2.45) is 5.73 Å². The molecule has 0 bridgehead atoms. The van der Waals surface area contributed by atoms with E-state index < -0.39 is 5.91 Å². The number of primary amides is 1. The Morgan fingerprint density at radius 3 is 2.78 bits per heavy atom. The molecule has 0 radical (unpaired) electrons. The van der Waals surface area contributed by atoms with Crippen molar-refractivity contribution >= 4 is 23.2 Å². The zero-order chi connectivity index (χ0) is 13.1. The van der Waals surface area contributed by atoms with Crippen LogP contribution in [0, 0.1) is 0 Å². The van der Waals surface area contributed by atoms with Crippen molar-refractivity contribution in [2.75, 3.05) is 24.5 Å². The first-order valence-electron chi connectivity index (χ1n) is 6.20. The monoisotopic (exact) mass is 267 g/mol. The number of carbonyl (C=O) groups excluding carboxylic acids is 1. The molecule has 1 saturated heterocycles. The third kappa shape index (κ3) is 2.44. The largest absolute Gasteiger partial charge is 0.365 e. The van der Waals surface area contributed by atoms with Crippen LogP contribution in [-0.2, 0) is 0 Å². The molecule has 18 heavy (non-hydrogen) atoms. The summed E-state index contributed by atoms with van der Waals surface area (Å²) in [5, 5.41) is 3.67. The minimum atomic E-state index is -0.469. The average molecular weight is 268 g/mol. The van der Waals surface area contributed by atoms with Gasteiger partial charge in [-0.1, -0.05) is 24.6 Å². The minimum Gasteiger partial charge on any atom is -0.365 e. The lowest BCUT2D eigenvalue weighted by Gasteiger charge is -2.40. The molecule has 3 N–H and O–H groups in total. The van der Waals surface area contributed by atoms with Gasteiger partial charge in [0, 0.05) is 19.6 Å². The summed E-state index contributed by atoms with van der Waals surface area (Å²) >= 11 is 6.09. The number of benzene rings is 1. The Morgan fingerprint density at radius 2 is 2.28 bits per heavy atom. The van der Waals surface area contributed by atoms with Gasteiger partial charge in [0.15, 0.2) is 0 Å². The fourth-order valence-corrected chi connectivity index (χ4v) is 2.49. The lowest BCUT2D eigenvalue weighted by atomic mass is 10.1. The molecule has 0 spiro atoms. The fourth-order valence-electron chi connectivity index (χ4n) is 2.23. The van der Waals surface area contributed by atoms with E-state index in [1.165, 1.54) is 0 Å². The van der Waals surface area contributed by atoms with Crippen molar-refractivity contribution in [3.8, 4) is 0 Å². The van der Waals surface area contributed by atoms with Crippen molar-refractivity contribution in [3.05, 3.63) is 28.8 Å². The van der Waals surface area contributed by atoms with E-state index in [-0.39, 0.29) is 0 Å². The van der Waals surface area contributed by atoms with E-state index in [4.69, 9.17) is 17.3 Å². The molecule has 5 heteroatoms. The first-order valence-corrected chi connectivity index (χ1v) is 6.58. The molecule has 0 saturated carbocycles. The Morgan fingerprint density at radius 1 is 1.56 bits per heavy atom. The number of rotatable bonds is 5. The van der Waals surface area contributed by atoms with Gasteiger partial charge in [0.1, 0.15) is 0 Å². The van der Waals surface area contributed by atoms with Crippen LogP contribution in [0.4, 0.5) is 5.69 Å². The molecule has 0 aliphatic carbocycles. The van der Waals surface area contributed by atoms with E-state index >= 15 is 0 Å². The number of anilines is 1. The summed E-state index contributed by atoms with van der Waals surface area (Å²) in [4.78, 5) is 13.8. The highest BCUT2D eigenvalue weighted by Gasteiger charge is 2.27. The van der Waals surface area contributed by atoms with Crippen LogP contribution in [0.3, 0.4) is 0 Å². The summed E-state index contributed by atoms with van der Waals surface area (Å²) in [7, 11) is 0. The zero-order valence-corrected chi connectivity index (χ0v) is 11.2. The lowest BCUT2D eigenvalue weighted by Crippen LogP contribution is -2.58. The summed E-state index contributed by atoms with van der Waals surface area (Å²) in [5.74, 6) is -0.469. The molecule has 1 aromatic carbocycles. The van der Waals surface area contributed by atoms with Crippen LogP contribution in [0.2, 0.25) is 5.02 Å². The number of halogens is 1. The van der Waals surface area contributed by atoms with Gasteiger partial charge in [-0.2, -0.15) is 0 Å². The van der Waals surface area contributed by atoms with E-state index in [9.17, 15) is 4.79 Å². The second-order valence-electron chi connectivity index (χ2n) is 4.50. The Kier molecular flexibility index (Phi) is 4.09. The smallest absolute Gasteiger partial charge is 0.252 e. The Bertz CT molecular complexity index is 446. The van der Waals surface area contributed by atoms with Gasteiger partial charge < -0.3 is 16.0 Å². The number of hydrogen-bond acceptors (Lipinski definition) is 3. The van der Waals surface area contributed by atoms with Crippen LogP contribution in [0.5, 0.6) is 0 Å². The van der Waals surface area contributed by atoms with E-state index in [1.807, 2.05) is 12.1 Å².